The number of esters is 1. The van der Waals surface area contributed by atoms with E-state index in [-0.39, 0.29) is 42.2 Å². The third kappa shape index (κ3) is 7.75. The number of urea groups is 1. The number of ether oxygens (including phenoxy) is 1. The lowest BCUT2D eigenvalue weighted by Gasteiger charge is -2.28. The molecule has 3 aromatic carbocycles. The highest BCUT2D eigenvalue weighted by molar-refractivity contribution is 6.13. The molecule has 45 heavy (non-hydrogen) atoms. The van der Waals surface area contributed by atoms with Crippen LogP contribution in [-0.4, -0.2) is 55.8 Å². The van der Waals surface area contributed by atoms with Crippen molar-refractivity contribution in [2.45, 2.75) is 54.0 Å². The molecular formula is C35H40N4O6. The van der Waals surface area contributed by atoms with Crippen LogP contribution in [0.4, 0.5) is 21.9 Å². The molecule has 3 aromatic rings. The summed E-state index contributed by atoms with van der Waals surface area (Å²) in [7, 11) is 1.27. The number of amides is 4. The van der Waals surface area contributed by atoms with Crippen molar-refractivity contribution in [1.82, 2.24) is 5.32 Å². The molecule has 236 valence electrons. The number of hydrogen-bond acceptors (Lipinski definition) is 6. The molecule has 0 aromatic heterocycles. The van der Waals surface area contributed by atoms with E-state index in [1.165, 1.54) is 23.0 Å². The monoisotopic (exact) mass is 612 g/mol. The predicted octanol–water partition coefficient (Wildman–Crippen LogP) is 5.59. The van der Waals surface area contributed by atoms with Gasteiger partial charge in [0.05, 0.1) is 37.1 Å². The summed E-state index contributed by atoms with van der Waals surface area (Å²) < 4.78 is 4.83. The molecule has 4 rings (SSSR count). The first-order valence-electron chi connectivity index (χ1n) is 14.8. The second-order valence-corrected chi connectivity index (χ2v) is 12.6. The maximum atomic E-state index is 14.3. The van der Waals surface area contributed by atoms with E-state index in [2.05, 4.69) is 10.6 Å². The van der Waals surface area contributed by atoms with Crippen molar-refractivity contribution >= 4 is 46.7 Å². The number of benzene rings is 3. The summed E-state index contributed by atoms with van der Waals surface area (Å²) in [5, 5.41) is 5.40. The average Bonchev–Trinajstić information content (AvgIpc) is 3.07. The Hall–Kier alpha value is -4.99. The highest BCUT2D eigenvalue weighted by atomic mass is 16.5. The van der Waals surface area contributed by atoms with Gasteiger partial charge in [0.15, 0.2) is 5.78 Å². The van der Waals surface area contributed by atoms with Gasteiger partial charge in [-0.15, -0.1) is 0 Å². The zero-order valence-corrected chi connectivity index (χ0v) is 26.8. The number of fused-ring (bicyclic) bond motifs is 1. The van der Waals surface area contributed by atoms with Crippen LogP contribution in [0.2, 0.25) is 0 Å². The smallest absolute Gasteiger partial charge is 0.338 e. The van der Waals surface area contributed by atoms with Crippen molar-refractivity contribution in [2.24, 2.45) is 5.41 Å². The molecule has 1 unspecified atom stereocenters. The average molecular weight is 613 g/mol. The largest absolute Gasteiger partial charge is 0.465 e. The van der Waals surface area contributed by atoms with Crippen LogP contribution in [0, 0.1) is 26.2 Å². The molecule has 0 aliphatic carbocycles. The lowest BCUT2D eigenvalue weighted by molar-refractivity contribution is -0.121. The number of nitrogens with one attached hydrogen (secondary N) is 2. The second kappa shape index (κ2) is 13.3. The summed E-state index contributed by atoms with van der Waals surface area (Å²) >= 11 is 0. The first-order chi connectivity index (χ1) is 21.2. The summed E-state index contributed by atoms with van der Waals surface area (Å²) in [6.45, 7) is 10.9. The van der Waals surface area contributed by atoms with Gasteiger partial charge in [0.1, 0.15) is 6.04 Å². The summed E-state index contributed by atoms with van der Waals surface area (Å²) in [5.41, 5.74) is 3.90. The number of methoxy groups -OCH3 is 1. The zero-order valence-electron chi connectivity index (χ0n) is 26.8. The normalized spacial score (nSPS) is 14.7. The van der Waals surface area contributed by atoms with Crippen molar-refractivity contribution in [3.05, 3.63) is 88.5 Å². The Bertz CT molecular complexity index is 1660. The van der Waals surface area contributed by atoms with Crippen LogP contribution in [0.15, 0.2) is 60.7 Å². The first kappa shape index (κ1) is 32.9. The van der Waals surface area contributed by atoms with Crippen molar-refractivity contribution in [1.29, 1.82) is 0 Å². The van der Waals surface area contributed by atoms with Crippen LogP contribution in [0.3, 0.4) is 0 Å². The molecule has 2 N–H and O–H groups in total. The van der Waals surface area contributed by atoms with E-state index in [0.717, 1.165) is 11.1 Å². The van der Waals surface area contributed by atoms with Gasteiger partial charge >= 0.3 is 12.0 Å². The molecule has 0 saturated heterocycles. The van der Waals surface area contributed by atoms with Crippen LogP contribution in [0.25, 0.3) is 0 Å². The quantitative estimate of drug-likeness (QED) is 0.265. The predicted molar refractivity (Wildman–Crippen MR) is 174 cm³/mol. The standard InChI is InChI=1S/C35H40N4O6/c1-21-12-15-28-29(16-21)39(20-30(40)25-11-9-8-10-22(25)2)32(42)27(19-38(28)31(41)18-35(4,5)6)37-34(44)36-24-14-13-23(3)26(17-24)33(43)45-7/h8-17,27H,18-20H2,1-7H3,(H2,36,37,44). The molecule has 10 heteroatoms. The van der Waals surface area contributed by atoms with Crippen molar-refractivity contribution < 1.29 is 28.7 Å². The van der Waals surface area contributed by atoms with Crippen LogP contribution >= 0.6 is 0 Å². The Labute approximate surface area is 263 Å². The summed E-state index contributed by atoms with van der Waals surface area (Å²) in [4.78, 5) is 70.0. The molecule has 4 amide bonds. The van der Waals surface area contributed by atoms with E-state index in [9.17, 15) is 24.0 Å². The zero-order chi connectivity index (χ0) is 33.1. The van der Waals surface area contributed by atoms with Crippen LogP contribution in [-0.2, 0) is 14.3 Å². The number of ketones is 1. The molecule has 1 aliphatic rings. The third-order valence-corrected chi connectivity index (χ3v) is 7.58. The molecule has 0 bridgehead atoms. The molecule has 0 spiro atoms. The molecule has 1 aliphatic heterocycles. The maximum absolute atomic E-state index is 14.3. The van der Waals surface area contributed by atoms with Gasteiger partial charge in [0, 0.05) is 17.7 Å². The fraction of sp³-hybridized carbons (Fsp3) is 0.343. The van der Waals surface area contributed by atoms with Gasteiger partial charge in [-0.2, -0.15) is 0 Å². The maximum Gasteiger partial charge on any atom is 0.338 e. The molecule has 1 atom stereocenters. The number of hydrogen-bond donors (Lipinski definition) is 2. The highest BCUT2D eigenvalue weighted by Gasteiger charge is 2.38. The summed E-state index contributed by atoms with van der Waals surface area (Å²) in [5.74, 6) is -1.59. The van der Waals surface area contributed by atoms with Crippen molar-refractivity contribution in [3.63, 3.8) is 0 Å². The number of Topliss-reactive ketones (excluding diaryl/α,β-unsaturated/α-hetero) is 1. The molecule has 0 radical (unpaired) electrons. The fourth-order valence-electron chi connectivity index (χ4n) is 5.27. The molecule has 0 fully saturated rings. The SMILES string of the molecule is COC(=O)c1cc(NC(=O)NC2CN(C(=O)CC(C)(C)C)c3ccc(C)cc3N(CC(=O)c3ccccc3C)C2=O)ccc1C. The number of carbonyl (C=O) groups excluding carboxylic acids is 5. The van der Waals surface area contributed by atoms with Gasteiger partial charge in [-0.3, -0.25) is 14.4 Å². The second-order valence-electron chi connectivity index (χ2n) is 12.6. The van der Waals surface area contributed by atoms with Gasteiger partial charge in [0.25, 0.3) is 5.91 Å². The number of anilines is 3. The third-order valence-electron chi connectivity index (χ3n) is 7.58. The van der Waals surface area contributed by atoms with E-state index in [1.54, 1.807) is 43.3 Å². The molecule has 1 heterocycles. The summed E-state index contributed by atoms with van der Waals surface area (Å²) in [6, 6.07) is 15.4. The van der Waals surface area contributed by atoms with E-state index < -0.39 is 23.9 Å². The lowest BCUT2D eigenvalue weighted by Crippen LogP contribution is -2.54. The summed E-state index contributed by atoms with van der Waals surface area (Å²) in [6.07, 6.45) is 0.190. The molecule has 10 nitrogen and oxygen atoms in total. The first-order valence-corrected chi connectivity index (χ1v) is 14.8. The van der Waals surface area contributed by atoms with Gasteiger partial charge < -0.3 is 25.2 Å². The Morgan fingerprint density at radius 3 is 2.24 bits per heavy atom. The Balaban J connectivity index is 1.72. The minimum Gasteiger partial charge on any atom is -0.465 e. The lowest BCUT2D eigenvalue weighted by atomic mass is 9.91. The number of aryl methyl sites for hydroxylation is 3. The Morgan fingerprint density at radius 1 is 0.889 bits per heavy atom. The van der Waals surface area contributed by atoms with Gasteiger partial charge in [-0.05, 0) is 67.1 Å². The highest BCUT2D eigenvalue weighted by Crippen LogP contribution is 2.36. The van der Waals surface area contributed by atoms with Crippen LogP contribution in [0.5, 0.6) is 0 Å². The topological polar surface area (TPSA) is 125 Å². The van der Waals surface area contributed by atoms with Crippen molar-refractivity contribution in [2.75, 3.05) is 35.3 Å². The van der Waals surface area contributed by atoms with Gasteiger partial charge in [-0.25, -0.2) is 9.59 Å². The van der Waals surface area contributed by atoms with E-state index in [1.807, 2.05) is 52.8 Å². The van der Waals surface area contributed by atoms with Crippen molar-refractivity contribution in [3.8, 4) is 0 Å². The number of nitrogens with zero attached hydrogens (tertiary/aromatic N) is 2. The van der Waals surface area contributed by atoms with Gasteiger partial charge in [-0.1, -0.05) is 57.2 Å². The molecular weight excluding hydrogens is 572 g/mol. The Kier molecular flexibility index (Phi) is 9.75. The van der Waals surface area contributed by atoms with E-state index >= 15 is 0 Å². The Morgan fingerprint density at radius 2 is 1.58 bits per heavy atom. The minimum absolute atomic E-state index is 0.145. The van der Waals surface area contributed by atoms with E-state index in [4.69, 9.17) is 4.74 Å². The number of carbonyl (C=O) groups is 5. The fourth-order valence-corrected chi connectivity index (χ4v) is 5.27. The number of rotatable bonds is 7. The minimum atomic E-state index is -1.20. The van der Waals surface area contributed by atoms with E-state index in [0.29, 0.717) is 28.2 Å². The molecule has 0 saturated carbocycles. The van der Waals surface area contributed by atoms with Gasteiger partial charge in [0.2, 0.25) is 5.91 Å². The van der Waals surface area contributed by atoms with Crippen LogP contribution < -0.4 is 20.4 Å². The van der Waals surface area contributed by atoms with Crippen LogP contribution in [0.1, 0.15) is 64.6 Å².